The summed E-state index contributed by atoms with van der Waals surface area (Å²) in [7, 11) is -2.38. The smallest absolute Gasteiger partial charge is 0.252 e. The minimum atomic E-state index is -3.79. The number of ether oxygens (including phenoxy) is 2. The van der Waals surface area contributed by atoms with Crippen molar-refractivity contribution in [1.82, 2.24) is 9.62 Å². The van der Waals surface area contributed by atoms with Crippen molar-refractivity contribution in [3.63, 3.8) is 0 Å². The van der Waals surface area contributed by atoms with E-state index >= 15 is 0 Å². The lowest BCUT2D eigenvalue weighted by molar-refractivity contribution is -0.0348. The van der Waals surface area contributed by atoms with Crippen LogP contribution >= 0.6 is 0 Å². The molecular weight excluding hydrogens is 382 g/mol. The molecule has 9 heteroatoms. The maximum Gasteiger partial charge on any atom is 0.252 e. The molecule has 1 aromatic carbocycles. The van der Waals surface area contributed by atoms with Crippen molar-refractivity contribution in [2.45, 2.75) is 42.5 Å². The molecule has 1 saturated carbocycles. The monoisotopic (exact) mass is 411 g/mol. The molecule has 1 aromatic rings. The largest absolute Gasteiger partial charge is 0.496 e. The van der Waals surface area contributed by atoms with Crippen LogP contribution in [0.15, 0.2) is 23.1 Å². The molecule has 0 unspecified atom stereocenters. The lowest BCUT2D eigenvalue weighted by Crippen LogP contribution is -2.59. The van der Waals surface area contributed by atoms with Gasteiger partial charge in [0, 0.05) is 25.2 Å². The highest BCUT2D eigenvalue weighted by Gasteiger charge is 2.39. The summed E-state index contributed by atoms with van der Waals surface area (Å²) in [6, 6.07) is 4.15. The third kappa shape index (κ3) is 4.48. The normalized spacial score (nSPS) is 20.6. The maximum absolute atomic E-state index is 12.9. The summed E-state index contributed by atoms with van der Waals surface area (Å²) >= 11 is 0. The fourth-order valence-electron chi connectivity index (χ4n) is 4.21. The maximum atomic E-state index is 12.9. The minimum absolute atomic E-state index is 0.00929. The first-order chi connectivity index (χ1) is 13.4. The molecule has 28 heavy (non-hydrogen) atoms. The number of carbonyl (C=O) groups is 1. The Morgan fingerprint density at radius 3 is 2.54 bits per heavy atom. The number of sulfonamides is 1. The number of nitrogens with zero attached hydrogens (tertiary/aromatic N) is 1. The SMILES string of the molecule is COc1ccc(S(=O)(=O)NCC2(N3CCOCC3)CCCCC2)cc1C(N)=O. The van der Waals surface area contributed by atoms with Crippen molar-refractivity contribution in [3.8, 4) is 5.75 Å². The van der Waals surface area contributed by atoms with E-state index in [1.54, 1.807) is 0 Å². The van der Waals surface area contributed by atoms with Gasteiger partial charge in [-0.3, -0.25) is 9.69 Å². The molecule has 1 amide bonds. The molecule has 0 spiro atoms. The number of methoxy groups -OCH3 is 1. The number of carbonyl (C=O) groups excluding carboxylic acids is 1. The van der Waals surface area contributed by atoms with Gasteiger partial charge in [-0.2, -0.15) is 0 Å². The number of amides is 1. The van der Waals surface area contributed by atoms with Crippen molar-refractivity contribution < 1.29 is 22.7 Å². The summed E-state index contributed by atoms with van der Waals surface area (Å²) in [5.74, 6) is -0.477. The average molecular weight is 412 g/mol. The molecule has 3 N–H and O–H groups in total. The van der Waals surface area contributed by atoms with Gasteiger partial charge in [-0.05, 0) is 31.0 Å². The topological polar surface area (TPSA) is 111 Å². The van der Waals surface area contributed by atoms with Crippen LogP contribution in [0.4, 0.5) is 0 Å². The first kappa shape index (κ1) is 21.0. The number of morpholine rings is 1. The number of nitrogens with one attached hydrogen (secondary N) is 1. The number of hydrogen-bond acceptors (Lipinski definition) is 6. The van der Waals surface area contributed by atoms with Gasteiger partial charge >= 0.3 is 0 Å². The van der Waals surface area contributed by atoms with Gasteiger partial charge < -0.3 is 15.2 Å². The second-order valence-electron chi connectivity index (χ2n) is 7.44. The van der Waals surface area contributed by atoms with Crippen LogP contribution in [0.2, 0.25) is 0 Å². The van der Waals surface area contributed by atoms with Crippen molar-refractivity contribution in [2.75, 3.05) is 40.0 Å². The van der Waals surface area contributed by atoms with E-state index in [2.05, 4.69) is 9.62 Å². The minimum Gasteiger partial charge on any atom is -0.496 e. The van der Waals surface area contributed by atoms with Crippen LogP contribution in [-0.4, -0.2) is 64.7 Å². The van der Waals surface area contributed by atoms with Crippen molar-refractivity contribution in [2.24, 2.45) is 5.73 Å². The molecule has 0 bridgehead atoms. The van der Waals surface area contributed by atoms with Gasteiger partial charge in [0.1, 0.15) is 5.75 Å². The van der Waals surface area contributed by atoms with Crippen LogP contribution < -0.4 is 15.2 Å². The highest BCUT2D eigenvalue weighted by atomic mass is 32.2. The van der Waals surface area contributed by atoms with Gasteiger partial charge in [0.2, 0.25) is 10.0 Å². The second-order valence-corrected chi connectivity index (χ2v) is 9.20. The Morgan fingerprint density at radius 1 is 1.25 bits per heavy atom. The molecule has 2 aliphatic rings. The Hall–Kier alpha value is -1.68. The fraction of sp³-hybridized carbons (Fsp3) is 0.632. The summed E-state index contributed by atoms with van der Waals surface area (Å²) in [4.78, 5) is 14.0. The molecule has 1 aliphatic carbocycles. The summed E-state index contributed by atoms with van der Waals surface area (Å²) in [6.45, 7) is 3.32. The van der Waals surface area contributed by atoms with Crippen molar-refractivity contribution >= 4 is 15.9 Å². The van der Waals surface area contributed by atoms with Gasteiger partial charge in [-0.25, -0.2) is 13.1 Å². The second kappa shape index (κ2) is 8.77. The number of primary amides is 1. The zero-order valence-corrected chi connectivity index (χ0v) is 17.1. The quantitative estimate of drug-likeness (QED) is 0.695. The van der Waals surface area contributed by atoms with E-state index in [-0.39, 0.29) is 21.7 Å². The molecule has 0 aromatic heterocycles. The van der Waals surface area contributed by atoms with E-state index in [4.69, 9.17) is 15.2 Å². The number of nitrogens with two attached hydrogens (primary N) is 1. The first-order valence-corrected chi connectivity index (χ1v) is 11.2. The summed E-state index contributed by atoms with van der Waals surface area (Å²) in [5, 5.41) is 0. The zero-order valence-electron chi connectivity index (χ0n) is 16.3. The molecule has 0 atom stereocenters. The predicted octanol–water partition coefficient (Wildman–Crippen LogP) is 1.11. The molecular formula is C19H29N3O5S. The van der Waals surface area contributed by atoms with Gasteiger partial charge in [0.15, 0.2) is 0 Å². The number of hydrogen-bond donors (Lipinski definition) is 2. The van der Waals surface area contributed by atoms with Crippen molar-refractivity contribution in [3.05, 3.63) is 23.8 Å². The summed E-state index contributed by atoms with van der Waals surface area (Å²) in [5.41, 5.74) is 5.22. The molecule has 156 valence electrons. The molecule has 1 heterocycles. The highest BCUT2D eigenvalue weighted by Crippen LogP contribution is 2.34. The van der Waals surface area contributed by atoms with Crippen LogP contribution in [0.1, 0.15) is 42.5 Å². The van der Waals surface area contributed by atoms with Gasteiger partial charge in [-0.1, -0.05) is 19.3 Å². The molecule has 1 aliphatic heterocycles. The first-order valence-electron chi connectivity index (χ1n) is 9.68. The number of rotatable bonds is 7. The van der Waals surface area contributed by atoms with Crippen LogP contribution in [0.5, 0.6) is 5.75 Å². The molecule has 8 nitrogen and oxygen atoms in total. The lowest BCUT2D eigenvalue weighted by atomic mass is 9.80. The van der Waals surface area contributed by atoms with Gasteiger partial charge in [0.25, 0.3) is 5.91 Å². The van der Waals surface area contributed by atoms with Crippen molar-refractivity contribution in [1.29, 1.82) is 0 Å². The van der Waals surface area contributed by atoms with E-state index in [0.29, 0.717) is 19.8 Å². The zero-order chi connectivity index (χ0) is 20.2. The molecule has 0 radical (unpaired) electrons. The predicted molar refractivity (Wildman–Crippen MR) is 105 cm³/mol. The molecule has 2 fully saturated rings. The molecule has 1 saturated heterocycles. The fourth-order valence-corrected chi connectivity index (χ4v) is 5.36. The Kier molecular flexibility index (Phi) is 6.59. The van der Waals surface area contributed by atoms with E-state index < -0.39 is 15.9 Å². The standard InChI is InChI=1S/C19H29N3O5S/c1-26-17-6-5-15(13-16(17)18(20)23)28(24,25)21-14-19(7-3-2-4-8-19)22-9-11-27-12-10-22/h5-6,13,21H,2-4,7-12,14H2,1H3,(H2,20,23). The van der Waals surface area contributed by atoms with E-state index in [1.807, 2.05) is 0 Å². The summed E-state index contributed by atoms with van der Waals surface area (Å²) < 4.78 is 39.2. The van der Waals surface area contributed by atoms with Crippen LogP contribution in [0.3, 0.4) is 0 Å². The van der Waals surface area contributed by atoms with Gasteiger partial charge in [-0.15, -0.1) is 0 Å². The Morgan fingerprint density at radius 2 is 1.93 bits per heavy atom. The van der Waals surface area contributed by atoms with Crippen LogP contribution in [-0.2, 0) is 14.8 Å². The van der Waals surface area contributed by atoms with E-state index in [9.17, 15) is 13.2 Å². The Balaban J connectivity index is 1.80. The molecule has 3 rings (SSSR count). The Labute approximate surface area is 166 Å². The van der Waals surface area contributed by atoms with E-state index in [0.717, 1.165) is 38.8 Å². The van der Waals surface area contributed by atoms with Crippen LogP contribution in [0, 0.1) is 0 Å². The third-order valence-corrected chi connectivity index (χ3v) is 7.20. The van der Waals surface area contributed by atoms with Gasteiger partial charge in [0.05, 0.1) is 30.8 Å². The highest BCUT2D eigenvalue weighted by molar-refractivity contribution is 7.89. The Bertz CT molecular complexity index is 800. The average Bonchev–Trinajstić information content (AvgIpc) is 2.73. The van der Waals surface area contributed by atoms with Crippen LogP contribution in [0.25, 0.3) is 0 Å². The summed E-state index contributed by atoms with van der Waals surface area (Å²) in [6.07, 6.45) is 5.29. The number of benzene rings is 1. The lowest BCUT2D eigenvalue weighted by Gasteiger charge is -2.48. The third-order valence-electron chi connectivity index (χ3n) is 5.80. The van der Waals surface area contributed by atoms with E-state index in [1.165, 1.54) is 31.7 Å².